The second-order valence-corrected chi connectivity index (χ2v) is 6.36. The molecule has 4 aromatic rings. The number of rotatable bonds is 8. The maximum Gasteiger partial charge on any atom is 0.257 e. The molecule has 0 saturated carbocycles. The zero-order chi connectivity index (χ0) is 20.6. The molecule has 7 heteroatoms. The molecular weight excluding hydrogens is 385 g/mol. The standard InChI is InChI=1S/C23H18FN3O3/c24-20-10-8-19(9-11-20)23-27-26-22(30-23)16-29-25-14-17-6-12-21(13-7-17)28-15-18-4-2-1-3-5-18/h1-14H,15-16H2/b25-14-. The lowest BCUT2D eigenvalue weighted by atomic mass is 10.2. The van der Waals surface area contributed by atoms with Crippen molar-refractivity contribution in [2.45, 2.75) is 13.2 Å². The first-order valence-electron chi connectivity index (χ1n) is 9.27. The highest BCUT2D eigenvalue weighted by molar-refractivity contribution is 5.79. The summed E-state index contributed by atoms with van der Waals surface area (Å²) >= 11 is 0. The topological polar surface area (TPSA) is 69.7 Å². The average molecular weight is 403 g/mol. The first-order chi connectivity index (χ1) is 14.8. The van der Waals surface area contributed by atoms with Crippen LogP contribution in [0, 0.1) is 5.82 Å². The molecule has 0 amide bonds. The smallest absolute Gasteiger partial charge is 0.257 e. The Morgan fingerprint density at radius 1 is 0.867 bits per heavy atom. The first kappa shape index (κ1) is 19.3. The van der Waals surface area contributed by atoms with E-state index in [1.807, 2.05) is 54.6 Å². The number of nitrogens with zero attached hydrogens (tertiary/aromatic N) is 3. The largest absolute Gasteiger partial charge is 0.489 e. The Morgan fingerprint density at radius 2 is 1.63 bits per heavy atom. The highest BCUT2D eigenvalue weighted by Gasteiger charge is 2.08. The van der Waals surface area contributed by atoms with Gasteiger partial charge in [0, 0.05) is 5.56 Å². The fourth-order valence-electron chi connectivity index (χ4n) is 2.60. The van der Waals surface area contributed by atoms with Crippen molar-refractivity contribution in [3.8, 4) is 17.2 Å². The van der Waals surface area contributed by atoms with Gasteiger partial charge in [-0.05, 0) is 59.7 Å². The maximum absolute atomic E-state index is 13.0. The van der Waals surface area contributed by atoms with Crippen LogP contribution in [0.4, 0.5) is 4.39 Å². The highest BCUT2D eigenvalue weighted by atomic mass is 19.1. The van der Waals surface area contributed by atoms with Gasteiger partial charge in [-0.2, -0.15) is 0 Å². The lowest BCUT2D eigenvalue weighted by Gasteiger charge is -2.06. The molecule has 0 aliphatic rings. The molecule has 0 bridgehead atoms. The number of aromatic nitrogens is 2. The molecule has 150 valence electrons. The normalized spacial score (nSPS) is 11.0. The summed E-state index contributed by atoms with van der Waals surface area (Å²) in [6.45, 7) is 0.546. The van der Waals surface area contributed by atoms with Gasteiger partial charge in [0.25, 0.3) is 5.89 Å². The van der Waals surface area contributed by atoms with Crippen molar-refractivity contribution in [2.24, 2.45) is 5.16 Å². The second kappa shape index (κ2) is 9.47. The van der Waals surface area contributed by atoms with E-state index < -0.39 is 0 Å². The monoisotopic (exact) mass is 403 g/mol. The molecule has 4 rings (SSSR count). The van der Waals surface area contributed by atoms with Crippen molar-refractivity contribution in [3.63, 3.8) is 0 Å². The fourth-order valence-corrected chi connectivity index (χ4v) is 2.60. The molecule has 0 atom stereocenters. The van der Waals surface area contributed by atoms with E-state index in [1.165, 1.54) is 12.1 Å². The van der Waals surface area contributed by atoms with Gasteiger partial charge < -0.3 is 14.0 Å². The van der Waals surface area contributed by atoms with Crippen molar-refractivity contribution in [1.29, 1.82) is 0 Å². The van der Waals surface area contributed by atoms with E-state index in [0.29, 0.717) is 18.1 Å². The van der Waals surface area contributed by atoms with Gasteiger partial charge in [0.05, 0.1) is 6.21 Å². The SMILES string of the molecule is Fc1ccc(-c2nnc(CO/N=C\c3ccc(OCc4ccccc4)cc3)o2)cc1. The van der Waals surface area contributed by atoms with Crippen molar-refractivity contribution in [1.82, 2.24) is 10.2 Å². The van der Waals surface area contributed by atoms with Gasteiger partial charge in [-0.1, -0.05) is 35.5 Å². The van der Waals surface area contributed by atoms with E-state index >= 15 is 0 Å². The molecule has 3 aromatic carbocycles. The summed E-state index contributed by atoms with van der Waals surface area (Å²) in [5.41, 5.74) is 2.60. The molecule has 0 aliphatic heterocycles. The Bertz CT molecular complexity index is 1090. The number of ether oxygens (including phenoxy) is 1. The Morgan fingerprint density at radius 3 is 2.40 bits per heavy atom. The molecule has 30 heavy (non-hydrogen) atoms. The predicted octanol–water partition coefficient (Wildman–Crippen LogP) is 5.01. The third-order valence-electron chi connectivity index (χ3n) is 4.15. The van der Waals surface area contributed by atoms with Crippen LogP contribution in [0.1, 0.15) is 17.0 Å². The number of oxime groups is 1. The maximum atomic E-state index is 13.0. The molecule has 0 aliphatic carbocycles. The van der Waals surface area contributed by atoms with Crippen molar-refractivity contribution in [3.05, 3.63) is 102 Å². The molecule has 6 nitrogen and oxygen atoms in total. The average Bonchev–Trinajstić information content (AvgIpc) is 3.26. The van der Waals surface area contributed by atoms with Gasteiger partial charge in [0.15, 0.2) is 6.61 Å². The highest BCUT2D eigenvalue weighted by Crippen LogP contribution is 2.18. The van der Waals surface area contributed by atoms with Crippen LogP contribution in [0.15, 0.2) is 88.4 Å². The van der Waals surface area contributed by atoms with Crippen LogP contribution in [0.25, 0.3) is 11.5 Å². The van der Waals surface area contributed by atoms with Crippen molar-refractivity contribution in [2.75, 3.05) is 0 Å². The van der Waals surface area contributed by atoms with E-state index in [4.69, 9.17) is 14.0 Å². The zero-order valence-corrected chi connectivity index (χ0v) is 15.9. The Labute approximate surface area is 172 Å². The molecule has 0 saturated heterocycles. The minimum Gasteiger partial charge on any atom is -0.489 e. The van der Waals surface area contributed by atoms with Crippen LogP contribution in [-0.4, -0.2) is 16.4 Å². The lowest BCUT2D eigenvalue weighted by Crippen LogP contribution is -1.95. The second-order valence-electron chi connectivity index (χ2n) is 6.36. The minimum absolute atomic E-state index is 0.0307. The van der Waals surface area contributed by atoms with E-state index in [2.05, 4.69) is 15.4 Å². The van der Waals surface area contributed by atoms with Crippen LogP contribution in [0.3, 0.4) is 0 Å². The molecule has 0 unspecified atom stereocenters. The summed E-state index contributed by atoms with van der Waals surface area (Å²) in [4.78, 5) is 5.21. The predicted molar refractivity (Wildman–Crippen MR) is 109 cm³/mol. The zero-order valence-electron chi connectivity index (χ0n) is 15.9. The summed E-state index contributed by atoms with van der Waals surface area (Å²) in [6.07, 6.45) is 1.58. The third-order valence-corrected chi connectivity index (χ3v) is 4.15. The van der Waals surface area contributed by atoms with Crippen LogP contribution in [0.5, 0.6) is 5.75 Å². The van der Waals surface area contributed by atoms with Gasteiger partial charge in [-0.3, -0.25) is 0 Å². The Kier molecular flexibility index (Phi) is 6.10. The van der Waals surface area contributed by atoms with Crippen LogP contribution in [0.2, 0.25) is 0 Å². The summed E-state index contributed by atoms with van der Waals surface area (Å²) in [5.74, 6) is 1.02. The van der Waals surface area contributed by atoms with E-state index in [-0.39, 0.29) is 18.3 Å². The van der Waals surface area contributed by atoms with Gasteiger partial charge in [-0.25, -0.2) is 4.39 Å². The Hall–Kier alpha value is -4.00. The van der Waals surface area contributed by atoms with Gasteiger partial charge in [-0.15, -0.1) is 10.2 Å². The first-order valence-corrected chi connectivity index (χ1v) is 9.27. The van der Waals surface area contributed by atoms with Gasteiger partial charge in [0.2, 0.25) is 5.89 Å². The van der Waals surface area contributed by atoms with Crippen LogP contribution >= 0.6 is 0 Å². The van der Waals surface area contributed by atoms with Crippen molar-refractivity contribution >= 4 is 6.21 Å². The van der Waals surface area contributed by atoms with Gasteiger partial charge >= 0.3 is 0 Å². The number of halogens is 1. The fraction of sp³-hybridized carbons (Fsp3) is 0.0870. The number of hydrogen-bond donors (Lipinski definition) is 0. The van der Waals surface area contributed by atoms with E-state index in [9.17, 15) is 4.39 Å². The van der Waals surface area contributed by atoms with Crippen molar-refractivity contribution < 1.29 is 18.4 Å². The molecule has 0 N–H and O–H groups in total. The summed E-state index contributed by atoms with van der Waals surface area (Å²) in [6, 6.07) is 23.3. The van der Waals surface area contributed by atoms with E-state index in [1.54, 1.807) is 18.3 Å². The molecule has 0 spiro atoms. The lowest BCUT2D eigenvalue weighted by molar-refractivity contribution is 0.112. The molecule has 1 heterocycles. The van der Waals surface area contributed by atoms with E-state index in [0.717, 1.165) is 16.9 Å². The van der Waals surface area contributed by atoms with Crippen LogP contribution < -0.4 is 4.74 Å². The molecule has 1 aromatic heterocycles. The summed E-state index contributed by atoms with van der Waals surface area (Å²) in [5, 5.41) is 11.7. The minimum atomic E-state index is -0.327. The summed E-state index contributed by atoms with van der Waals surface area (Å²) < 4.78 is 24.2. The third kappa shape index (κ3) is 5.29. The molecule has 0 radical (unpaired) electrons. The molecule has 0 fully saturated rings. The summed E-state index contributed by atoms with van der Waals surface area (Å²) in [7, 11) is 0. The number of hydrogen-bond acceptors (Lipinski definition) is 6. The van der Waals surface area contributed by atoms with Gasteiger partial charge in [0.1, 0.15) is 18.2 Å². The quantitative estimate of drug-likeness (QED) is 0.306. The Balaban J connectivity index is 1.25. The van der Waals surface area contributed by atoms with Crippen LogP contribution in [-0.2, 0) is 18.1 Å². The number of benzene rings is 3. The molecular formula is C23H18FN3O3.